The molecule has 0 aromatic heterocycles. The van der Waals surface area contributed by atoms with Gasteiger partial charge in [0.15, 0.2) is 0 Å². The molecule has 1 N–H and O–H groups in total. The topological polar surface area (TPSA) is 49.4 Å². The number of hydrogen-bond donors (Lipinski definition) is 1. The van der Waals surface area contributed by atoms with Gasteiger partial charge in [0.1, 0.15) is 0 Å². The fraction of sp³-hybridized carbons (Fsp3) is 0.167. The molecule has 0 spiro atoms. The van der Waals surface area contributed by atoms with Crippen LogP contribution in [0.1, 0.15) is 23.2 Å². The van der Waals surface area contributed by atoms with E-state index < -0.39 is 11.8 Å². The van der Waals surface area contributed by atoms with Crippen LogP contribution in [0.4, 0.5) is 5.69 Å². The maximum absolute atomic E-state index is 13.4. The van der Waals surface area contributed by atoms with Crippen molar-refractivity contribution in [2.24, 2.45) is 11.8 Å². The average Bonchev–Trinajstić information content (AvgIpc) is 3.27. The largest absolute Gasteiger partial charge is 0.302 e. The van der Waals surface area contributed by atoms with Gasteiger partial charge in [0, 0.05) is 12.1 Å². The summed E-state index contributed by atoms with van der Waals surface area (Å²) in [6.45, 7) is 0. The van der Waals surface area contributed by atoms with Crippen molar-refractivity contribution < 1.29 is 9.59 Å². The van der Waals surface area contributed by atoms with Gasteiger partial charge in [-0.15, -0.1) is 0 Å². The summed E-state index contributed by atoms with van der Waals surface area (Å²) < 4.78 is 0. The highest BCUT2D eigenvalue weighted by molar-refractivity contribution is 6.22. The number of benzene rings is 3. The van der Waals surface area contributed by atoms with Crippen molar-refractivity contribution in [3.05, 3.63) is 102 Å². The fourth-order valence-corrected chi connectivity index (χ4v) is 4.57. The Balaban J connectivity index is 1.61. The van der Waals surface area contributed by atoms with Crippen LogP contribution in [-0.4, -0.2) is 11.8 Å². The summed E-state index contributed by atoms with van der Waals surface area (Å²) in [6.07, 6.45) is 0. The van der Waals surface area contributed by atoms with E-state index in [-0.39, 0.29) is 23.9 Å². The number of rotatable bonds is 3. The highest BCUT2D eigenvalue weighted by atomic mass is 16.2. The number of imide groups is 1. The second-order valence-electron chi connectivity index (χ2n) is 7.34. The normalized spacial score (nSPS) is 26.5. The molecule has 2 fully saturated rings. The Hall–Kier alpha value is -3.24. The lowest BCUT2D eigenvalue weighted by Crippen LogP contribution is -2.36. The molecule has 28 heavy (non-hydrogen) atoms. The molecule has 0 saturated carbocycles. The van der Waals surface area contributed by atoms with Gasteiger partial charge in [-0.3, -0.25) is 9.59 Å². The highest BCUT2D eigenvalue weighted by Crippen LogP contribution is 2.50. The number of fused-ring (bicyclic) bond motifs is 1. The predicted octanol–water partition coefficient (Wildman–Crippen LogP) is 3.88. The molecule has 0 radical (unpaired) electrons. The van der Waals surface area contributed by atoms with E-state index >= 15 is 0 Å². The maximum atomic E-state index is 13.4. The first-order chi connectivity index (χ1) is 13.8. The van der Waals surface area contributed by atoms with Gasteiger partial charge in [-0.1, -0.05) is 78.9 Å². The summed E-state index contributed by atoms with van der Waals surface area (Å²) in [6, 6.07) is 28.7. The maximum Gasteiger partial charge on any atom is 0.239 e. The molecular weight excluding hydrogens is 348 g/mol. The van der Waals surface area contributed by atoms with E-state index in [4.69, 9.17) is 0 Å². The molecule has 0 bridgehead atoms. The predicted molar refractivity (Wildman–Crippen MR) is 107 cm³/mol. The van der Waals surface area contributed by atoms with Gasteiger partial charge >= 0.3 is 0 Å². The van der Waals surface area contributed by atoms with Crippen LogP contribution >= 0.6 is 0 Å². The number of para-hydroxylation sites is 1. The number of nitrogens with one attached hydrogen (secondary N) is 1. The Morgan fingerprint density at radius 2 is 0.964 bits per heavy atom. The number of amides is 2. The van der Waals surface area contributed by atoms with E-state index in [0.717, 1.165) is 11.1 Å². The van der Waals surface area contributed by atoms with Gasteiger partial charge in [-0.05, 0) is 23.3 Å². The average molecular weight is 368 g/mol. The minimum Gasteiger partial charge on any atom is -0.302 e. The van der Waals surface area contributed by atoms with Crippen LogP contribution in [-0.2, 0) is 9.59 Å². The first-order valence-corrected chi connectivity index (χ1v) is 9.54. The lowest BCUT2D eigenvalue weighted by molar-refractivity contribution is -0.123. The summed E-state index contributed by atoms with van der Waals surface area (Å²) in [5.74, 6) is -1.08. The minimum absolute atomic E-state index is 0.124. The van der Waals surface area contributed by atoms with Gasteiger partial charge in [0.05, 0.1) is 17.5 Å². The second-order valence-corrected chi connectivity index (χ2v) is 7.34. The molecule has 0 unspecified atom stereocenters. The summed E-state index contributed by atoms with van der Waals surface area (Å²) in [4.78, 5) is 28.2. The summed E-state index contributed by atoms with van der Waals surface area (Å²) in [5.41, 5.74) is 2.71. The van der Waals surface area contributed by atoms with E-state index in [1.165, 1.54) is 4.90 Å². The monoisotopic (exact) mass is 368 g/mol. The van der Waals surface area contributed by atoms with Crippen LogP contribution in [0.5, 0.6) is 0 Å². The summed E-state index contributed by atoms with van der Waals surface area (Å²) in [5, 5.41) is 3.59. The molecule has 138 valence electrons. The van der Waals surface area contributed by atoms with Crippen molar-refractivity contribution in [1.29, 1.82) is 0 Å². The highest BCUT2D eigenvalue weighted by Gasteiger charge is 2.59. The quantitative estimate of drug-likeness (QED) is 0.714. The van der Waals surface area contributed by atoms with Crippen LogP contribution in [0, 0.1) is 11.8 Å². The van der Waals surface area contributed by atoms with Crippen molar-refractivity contribution in [3.63, 3.8) is 0 Å². The van der Waals surface area contributed by atoms with Crippen LogP contribution in [0.15, 0.2) is 91.0 Å². The van der Waals surface area contributed by atoms with Gasteiger partial charge in [0.2, 0.25) is 11.8 Å². The number of hydrogen-bond acceptors (Lipinski definition) is 3. The Morgan fingerprint density at radius 3 is 1.39 bits per heavy atom. The summed E-state index contributed by atoms with van der Waals surface area (Å²) >= 11 is 0. The van der Waals surface area contributed by atoms with Crippen LogP contribution in [0.2, 0.25) is 0 Å². The number of nitrogens with zero attached hydrogens (tertiary/aromatic N) is 1. The minimum atomic E-state index is -0.416. The lowest BCUT2D eigenvalue weighted by atomic mass is 9.84. The molecule has 2 amide bonds. The second kappa shape index (κ2) is 6.73. The molecular formula is C24H20N2O2. The van der Waals surface area contributed by atoms with Crippen molar-refractivity contribution in [1.82, 2.24) is 5.32 Å². The first-order valence-electron chi connectivity index (χ1n) is 9.54. The molecule has 0 aliphatic carbocycles. The third-order valence-electron chi connectivity index (χ3n) is 5.81. The molecule has 3 aromatic carbocycles. The molecule has 2 heterocycles. The number of carbonyl (C=O) groups is 2. The Kier molecular flexibility index (Phi) is 4.06. The van der Waals surface area contributed by atoms with Crippen molar-refractivity contribution in [3.8, 4) is 0 Å². The van der Waals surface area contributed by atoms with Crippen molar-refractivity contribution in [2.45, 2.75) is 12.1 Å². The van der Waals surface area contributed by atoms with Gasteiger partial charge in [0.25, 0.3) is 0 Å². The standard InChI is InChI=1S/C24H20N2O2/c27-23-19-20(24(28)26(23)18-14-8-3-9-15-18)22(17-12-6-2-7-13-17)25-21(19)16-10-4-1-5-11-16/h1-15,19-22,25H/t19-,20+,21+,22-. The molecule has 2 aliphatic rings. The SMILES string of the molecule is O=C1[C@@H]2[C@H](C(=O)N1c1ccccc1)[C@@H](c1ccccc1)N[C@H]2c1ccccc1. The fourth-order valence-electron chi connectivity index (χ4n) is 4.57. The van der Waals surface area contributed by atoms with Crippen LogP contribution < -0.4 is 10.2 Å². The van der Waals surface area contributed by atoms with Crippen LogP contribution in [0.25, 0.3) is 0 Å². The zero-order valence-electron chi connectivity index (χ0n) is 15.2. The third kappa shape index (κ3) is 2.57. The molecule has 4 heteroatoms. The van der Waals surface area contributed by atoms with E-state index in [2.05, 4.69) is 5.32 Å². The molecule has 4 atom stereocenters. The first kappa shape index (κ1) is 16.9. The Bertz CT molecular complexity index is 941. The number of anilines is 1. The van der Waals surface area contributed by atoms with Crippen molar-refractivity contribution >= 4 is 17.5 Å². The van der Waals surface area contributed by atoms with Gasteiger partial charge in [-0.25, -0.2) is 4.90 Å². The van der Waals surface area contributed by atoms with E-state index in [0.29, 0.717) is 5.69 Å². The Morgan fingerprint density at radius 1 is 0.571 bits per heavy atom. The smallest absolute Gasteiger partial charge is 0.239 e. The molecule has 5 rings (SSSR count). The third-order valence-corrected chi connectivity index (χ3v) is 5.81. The summed E-state index contributed by atoms with van der Waals surface area (Å²) in [7, 11) is 0. The molecule has 2 saturated heterocycles. The Labute approximate surface area is 163 Å². The molecule has 4 nitrogen and oxygen atoms in total. The number of carbonyl (C=O) groups excluding carboxylic acids is 2. The molecule has 3 aromatic rings. The van der Waals surface area contributed by atoms with E-state index in [1.807, 2.05) is 91.0 Å². The van der Waals surface area contributed by atoms with Gasteiger partial charge < -0.3 is 5.32 Å². The van der Waals surface area contributed by atoms with Crippen LogP contribution in [0.3, 0.4) is 0 Å². The van der Waals surface area contributed by atoms with Gasteiger partial charge in [-0.2, -0.15) is 0 Å². The van der Waals surface area contributed by atoms with Crippen molar-refractivity contribution in [2.75, 3.05) is 4.90 Å². The lowest BCUT2D eigenvalue weighted by Gasteiger charge is -2.23. The molecule has 2 aliphatic heterocycles. The zero-order valence-corrected chi connectivity index (χ0v) is 15.2. The van der Waals surface area contributed by atoms with E-state index in [1.54, 1.807) is 0 Å². The zero-order chi connectivity index (χ0) is 19.1. The van der Waals surface area contributed by atoms with E-state index in [9.17, 15) is 9.59 Å².